The highest BCUT2D eigenvalue weighted by Gasteiger charge is 2.54. The molecule has 1 aliphatic heterocycles. The molecule has 0 bridgehead atoms. The van der Waals surface area contributed by atoms with Gasteiger partial charge < -0.3 is 19.5 Å². The van der Waals surface area contributed by atoms with Crippen molar-refractivity contribution in [2.75, 3.05) is 42.8 Å². The van der Waals surface area contributed by atoms with Crippen LogP contribution in [0.3, 0.4) is 0 Å². The number of rotatable bonds is 18. The highest BCUT2D eigenvalue weighted by atomic mass is 32.2. The number of morpholine rings is 1. The van der Waals surface area contributed by atoms with E-state index in [0.29, 0.717) is 75.4 Å². The Morgan fingerprint density at radius 1 is 1.06 bits per heavy atom. The average molecular weight is 907 g/mol. The van der Waals surface area contributed by atoms with E-state index < -0.39 is 65.2 Å². The van der Waals surface area contributed by atoms with E-state index >= 15 is 0 Å². The molecule has 2 N–H and O–H groups in total. The number of nitrogens with zero attached hydrogens (tertiary/aromatic N) is 5. The first-order chi connectivity index (χ1) is 29.8. The lowest BCUT2D eigenvalue weighted by Crippen LogP contribution is -2.44. The van der Waals surface area contributed by atoms with Crippen LogP contribution < -0.4 is 9.64 Å². The van der Waals surface area contributed by atoms with Gasteiger partial charge in [-0.2, -0.15) is 18.4 Å². The van der Waals surface area contributed by atoms with Crippen molar-refractivity contribution < 1.29 is 45.2 Å². The molecule has 2 aromatic carbocycles. The minimum Gasteiger partial charge on any atom is -0.494 e. The Morgan fingerprint density at radius 2 is 1.81 bits per heavy atom. The third kappa shape index (κ3) is 10.1. The fourth-order valence-electron chi connectivity index (χ4n) is 8.05. The number of aliphatic hydroxyl groups is 1. The first-order valence-electron chi connectivity index (χ1n) is 20.8. The quantitative estimate of drug-likeness (QED) is 0.0952. The molecule has 0 spiro atoms. The highest BCUT2D eigenvalue weighted by Crippen LogP contribution is 2.54. The maximum absolute atomic E-state index is 14.3. The van der Waals surface area contributed by atoms with E-state index in [-0.39, 0.29) is 22.3 Å². The zero-order valence-electron chi connectivity index (χ0n) is 35.0. The lowest BCUT2D eigenvalue weighted by molar-refractivity contribution is -0.138. The van der Waals surface area contributed by atoms with E-state index in [2.05, 4.69) is 22.9 Å². The van der Waals surface area contributed by atoms with Crippen LogP contribution in [0.2, 0.25) is 0 Å². The number of benzene rings is 2. The van der Waals surface area contributed by atoms with Crippen LogP contribution in [-0.4, -0.2) is 88.0 Å². The van der Waals surface area contributed by atoms with Crippen LogP contribution in [0.4, 0.5) is 19.0 Å². The number of nitrogens with one attached hydrogen (secondary N) is 1. The summed E-state index contributed by atoms with van der Waals surface area (Å²) in [6.45, 7) is 5.19. The summed E-state index contributed by atoms with van der Waals surface area (Å²) < 4.78 is 101. The number of carbonyl (C=O) groups is 1. The molecule has 18 heteroatoms. The van der Waals surface area contributed by atoms with Gasteiger partial charge in [0.05, 0.1) is 79.6 Å². The van der Waals surface area contributed by atoms with E-state index in [1.54, 1.807) is 6.20 Å². The summed E-state index contributed by atoms with van der Waals surface area (Å²) in [5, 5.41) is 19.9. The second kappa shape index (κ2) is 18.1. The van der Waals surface area contributed by atoms with Crippen LogP contribution in [0.25, 0.3) is 17.5 Å². The molecule has 0 amide bonds. The van der Waals surface area contributed by atoms with E-state index in [1.807, 2.05) is 18.2 Å². The van der Waals surface area contributed by atoms with E-state index in [4.69, 9.17) is 24.7 Å². The molecule has 1 saturated carbocycles. The van der Waals surface area contributed by atoms with Gasteiger partial charge in [-0.1, -0.05) is 31.1 Å². The average Bonchev–Trinajstić information content (AvgIpc) is 3.94. The number of Topliss-reactive ketones (excluding diaryl/α,β-unsaturated/α-hetero) is 1. The molecular formula is C45H49F3N6O7S2. The molecule has 334 valence electrons. The van der Waals surface area contributed by atoms with Gasteiger partial charge in [-0.25, -0.2) is 22.6 Å². The number of nitriles is 1. The smallest absolute Gasteiger partial charge is 0.417 e. The van der Waals surface area contributed by atoms with Crippen molar-refractivity contribution >= 4 is 37.2 Å². The fourth-order valence-corrected chi connectivity index (χ4v) is 11.9. The number of hydrogen-bond donors (Lipinski definition) is 2. The van der Waals surface area contributed by atoms with Gasteiger partial charge in [0.1, 0.15) is 17.2 Å². The van der Waals surface area contributed by atoms with Crippen molar-refractivity contribution in [1.29, 1.82) is 10.0 Å². The predicted octanol–water partition coefficient (Wildman–Crippen LogP) is 7.24. The topological polar surface area (TPSA) is 197 Å². The zero-order chi connectivity index (χ0) is 45.2. The molecule has 1 unspecified atom stereocenters. The number of unbranched alkanes of at least 4 members (excludes halogenated alkanes) is 3. The second-order valence-corrected chi connectivity index (χ2v) is 21.1. The van der Waals surface area contributed by atoms with Crippen LogP contribution in [0.15, 0.2) is 71.8 Å². The molecule has 3 heterocycles. The molecular weight excluding hydrogens is 858 g/mol. The number of carbonyl (C=O) groups excluding carboxylic acids is 1. The molecule has 7 rings (SSSR count). The zero-order valence-corrected chi connectivity index (χ0v) is 36.6. The van der Waals surface area contributed by atoms with Gasteiger partial charge in [-0.05, 0) is 87.6 Å². The van der Waals surface area contributed by atoms with Crippen LogP contribution in [-0.2, 0) is 52.9 Å². The largest absolute Gasteiger partial charge is 0.494 e. The van der Waals surface area contributed by atoms with Gasteiger partial charge >= 0.3 is 6.18 Å². The molecule has 0 radical (unpaired) electrons. The number of allylic oxidation sites excluding steroid dienone is 1. The first kappa shape index (κ1) is 45.8. The van der Waals surface area contributed by atoms with Gasteiger partial charge in [0.25, 0.3) is 0 Å². The maximum atomic E-state index is 14.3. The van der Waals surface area contributed by atoms with Gasteiger partial charge in [0, 0.05) is 48.5 Å². The minimum atomic E-state index is -4.85. The molecule has 2 fully saturated rings. The Kier molecular flexibility index (Phi) is 13.2. The van der Waals surface area contributed by atoms with Gasteiger partial charge in [-0.3, -0.25) is 14.6 Å². The van der Waals surface area contributed by atoms with Crippen molar-refractivity contribution in [3.8, 4) is 23.2 Å². The van der Waals surface area contributed by atoms with Crippen LogP contribution in [0, 0.1) is 16.1 Å². The van der Waals surface area contributed by atoms with Crippen LogP contribution in [0.5, 0.6) is 5.75 Å². The number of alkyl halides is 3. The second-order valence-electron chi connectivity index (χ2n) is 16.6. The molecule has 1 saturated heterocycles. The number of pyridine rings is 1. The summed E-state index contributed by atoms with van der Waals surface area (Å²) in [7, 11) is -7.31. The maximum Gasteiger partial charge on any atom is 0.417 e. The van der Waals surface area contributed by atoms with Gasteiger partial charge in [0.15, 0.2) is 21.4 Å². The van der Waals surface area contributed by atoms with Crippen LogP contribution in [0.1, 0.15) is 86.0 Å². The third-order valence-electron chi connectivity index (χ3n) is 11.8. The molecule has 2 aliphatic carbocycles. The number of halogens is 3. The summed E-state index contributed by atoms with van der Waals surface area (Å²) in [6.07, 6.45) is 5.00. The van der Waals surface area contributed by atoms with E-state index in [9.17, 15) is 40.5 Å². The first-order valence-corrected chi connectivity index (χ1v) is 24.2. The standard InChI is InChI=1S/C45H49F3N6O7S2/c1-30-28-60-22-20-54(30)41-26-39(52-42(53-41)36-16-19-51-38-9-7-8-35(36)38)44(17-18-44)63(50,59)23-6-4-3-5-21-61-33-12-14-34(15-13-33)62(57,58)29-43(2,56)40(55)25-31-10-11-32(27-49)37(24-31)45(46,47)48/h7-8,10-16,19,24,26,30,50,56H,3-6,9,17-18,20-23,25,28-29H2,1-2H3/t30-,43+,63?/m1/s1. The molecule has 13 nitrogen and oxygen atoms in total. The van der Waals surface area contributed by atoms with E-state index in [0.717, 1.165) is 61.0 Å². The Labute approximate surface area is 365 Å². The Bertz CT molecular complexity index is 2660. The molecule has 2 aromatic heterocycles. The van der Waals surface area contributed by atoms with Crippen molar-refractivity contribution in [3.63, 3.8) is 0 Å². The minimum absolute atomic E-state index is 0.0840. The number of ketones is 1. The third-order valence-corrected chi connectivity index (χ3v) is 16.5. The summed E-state index contributed by atoms with van der Waals surface area (Å²) in [4.78, 5) is 29.5. The number of aromatic nitrogens is 3. The van der Waals surface area contributed by atoms with Crippen LogP contribution >= 0.6 is 0 Å². The fraction of sp³-hybridized carbons (Fsp3) is 0.444. The van der Waals surface area contributed by atoms with Gasteiger partial charge in [-0.15, -0.1) is 0 Å². The predicted molar refractivity (Wildman–Crippen MR) is 230 cm³/mol. The lowest BCUT2D eigenvalue weighted by Gasteiger charge is -2.35. The summed E-state index contributed by atoms with van der Waals surface area (Å²) in [6, 6.07) is 13.6. The molecule has 3 atom stereocenters. The SMILES string of the molecule is C[C@@H]1COCCN1c1cc(C2(S(=N)(=O)CCCCCCOc3ccc(S(=O)(=O)C[C@](C)(O)C(=O)Cc4ccc(C#N)c(C(F)(F)F)c4)cc3)CC2)nc(-c2ccnc3c2C=CC3)n1. The Hall–Kier alpha value is -5.22. The van der Waals surface area contributed by atoms with Gasteiger partial charge in [0.2, 0.25) is 0 Å². The van der Waals surface area contributed by atoms with E-state index in [1.165, 1.54) is 30.3 Å². The summed E-state index contributed by atoms with van der Waals surface area (Å²) in [5.41, 5.74) is -0.956. The van der Waals surface area contributed by atoms with Crippen molar-refractivity contribution in [2.24, 2.45) is 0 Å². The van der Waals surface area contributed by atoms with Crippen molar-refractivity contribution in [1.82, 2.24) is 15.0 Å². The molecule has 4 aromatic rings. The number of ether oxygens (including phenoxy) is 2. The number of fused-ring (bicyclic) bond motifs is 1. The normalized spacial score (nSPS) is 18.8. The van der Waals surface area contributed by atoms with Crippen molar-refractivity contribution in [3.05, 3.63) is 101 Å². The Morgan fingerprint density at radius 3 is 2.51 bits per heavy atom. The molecule has 63 heavy (non-hydrogen) atoms. The number of sulfone groups is 1. The summed E-state index contributed by atoms with van der Waals surface area (Å²) in [5.74, 6) is -0.109. The monoisotopic (exact) mass is 906 g/mol. The highest BCUT2D eigenvalue weighted by molar-refractivity contribution is 7.93. The molecule has 3 aliphatic rings. The lowest BCUT2D eigenvalue weighted by atomic mass is 9.94. The number of hydrogen-bond acceptors (Lipinski definition) is 13. The number of anilines is 1. The summed E-state index contributed by atoms with van der Waals surface area (Å²) >= 11 is 0. The Balaban J connectivity index is 0.905. The van der Waals surface area contributed by atoms with Crippen molar-refractivity contribution in [2.45, 2.75) is 92.7 Å².